The minimum absolute atomic E-state index is 0.143. The van der Waals surface area contributed by atoms with Crippen molar-refractivity contribution in [2.24, 2.45) is 0 Å². The van der Waals surface area contributed by atoms with Crippen LogP contribution in [0, 0.1) is 6.92 Å². The van der Waals surface area contributed by atoms with Gasteiger partial charge in [-0.2, -0.15) is 18.3 Å². The molecule has 0 N–H and O–H groups in total. The van der Waals surface area contributed by atoms with E-state index < -0.39 is 12.7 Å². The van der Waals surface area contributed by atoms with Crippen LogP contribution in [-0.4, -0.2) is 38.9 Å². The molecule has 4 rings (SSSR count). The summed E-state index contributed by atoms with van der Waals surface area (Å²) in [6, 6.07) is 7.05. The van der Waals surface area contributed by atoms with E-state index in [1.54, 1.807) is 31.2 Å². The molecule has 0 radical (unpaired) electrons. The second-order valence-electron chi connectivity index (χ2n) is 6.61. The number of alkyl halides is 3. The van der Waals surface area contributed by atoms with Crippen LogP contribution in [0.1, 0.15) is 21.6 Å². The average molecular weight is 403 g/mol. The Bertz CT molecular complexity index is 1090. The Hall–Kier alpha value is -3.43. The van der Waals surface area contributed by atoms with Crippen LogP contribution in [-0.2, 0) is 13.1 Å². The fourth-order valence-corrected chi connectivity index (χ4v) is 3.27. The molecule has 10 heteroatoms. The smallest absolute Gasteiger partial charge is 0.408 e. The van der Waals surface area contributed by atoms with E-state index >= 15 is 0 Å². The van der Waals surface area contributed by atoms with Gasteiger partial charge in [-0.3, -0.25) is 14.4 Å². The molecule has 0 saturated carbocycles. The first kappa shape index (κ1) is 18.9. The second-order valence-corrected chi connectivity index (χ2v) is 6.61. The average Bonchev–Trinajstić information content (AvgIpc) is 3.24. The molecular weight excluding hydrogens is 387 g/mol. The molecule has 1 aliphatic heterocycles. The zero-order chi connectivity index (χ0) is 20.8. The predicted molar refractivity (Wildman–Crippen MR) is 97.6 cm³/mol. The van der Waals surface area contributed by atoms with Crippen LogP contribution < -0.4 is 9.64 Å². The lowest BCUT2D eigenvalue weighted by Gasteiger charge is -2.12. The number of aryl methyl sites for hydroxylation is 1. The molecule has 0 fully saturated rings. The summed E-state index contributed by atoms with van der Waals surface area (Å²) in [5.41, 5.74) is 3.17. The minimum atomic E-state index is -4.39. The number of ether oxygens (including phenoxy) is 1. The van der Waals surface area contributed by atoms with Gasteiger partial charge in [0.15, 0.2) is 0 Å². The summed E-state index contributed by atoms with van der Waals surface area (Å²) in [4.78, 5) is 23.1. The van der Waals surface area contributed by atoms with E-state index in [0.29, 0.717) is 34.1 Å². The highest BCUT2D eigenvalue weighted by Gasteiger charge is 2.34. The van der Waals surface area contributed by atoms with Crippen molar-refractivity contribution in [2.45, 2.75) is 26.2 Å². The SMILES string of the molecule is COc1cccc(-c2cc(C)c3c(n2)CN(c2cnn(CC(F)(F)F)c2)C3=O)n1. The number of pyridine rings is 2. The molecule has 4 heterocycles. The number of nitrogens with zero attached hydrogens (tertiary/aromatic N) is 5. The second kappa shape index (κ2) is 6.87. The Morgan fingerprint density at radius 1 is 1.21 bits per heavy atom. The van der Waals surface area contributed by atoms with E-state index in [1.807, 2.05) is 0 Å². The van der Waals surface area contributed by atoms with Gasteiger partial charge in [0.2, 0.25) is 5.88 Å². The number of halogens is 3. The Balaban J connectivity index is 1.65. The van der Waals surface area contributed by atoms with E-state index in [4.69, 9.17) is 4.74 Å². The number of amides is 1. The van der Waals surface area contributed by atoms with Crippen LogP contribution in [0.2, 0.25) is 0 Å². The molecule has 1 aliphatic rings. The van der Waals surface area contributed by atoms with Crippen molar-refractivity contribution in [3.8, 4) is 17.3 Å². The first-order valence-electron chi connectivity index (χ1n) is 8.68. The van der Waals surface area contributed by atoms with Crippen molar-refractivity contribution in [1.82, 2.24) is 19.7 Å². The molecule has 29 heavy (non-hydrogen) atoms. The predicted octanol–water partition coefficient (Wildman–Crippen LogP) is 3.38. The van der Waals surface area contributed by atoms with Gasteiger partial charge in [0.25, 0.3) is 5.91 Å². The number of methoxy groups -OCH3 is 1. The Labute approximate surface area is 163 Å². The summed E-state index contributed by atoms with van der Waals surface area (Å²) in [5, 5.41) is 3.71. The molecule has 0 unspecified atom stereocenters. The van der Waals surface area contributed by atoms with Crippen LogP contribution in [0.5, 0.6) is 5.88 Å². The Morgan fingerprint density at radius 3 is 2.72 bits per heavy atom. The molecule has 0 aromatic carbocycles. The first-order chi connectivity index (χ1) is 13.7. The van der Waals surface area contributed by atoms with Gasteiger partial charge in [-0.25, -0.2) is 9.97 Å². The van der Waals surface area contributed by atoms with Crippen molar-refractivity contribution in [2.75, 3.05) is 12.0 Å². The van der Waals surface area contributed by atoms with Gasteiger partial charge >= 0.3 is 6.18 Å². The summed E-state index contributed by atoms with van der Waals surface area (Å²) in [6.07, 6.45) is -1.94. The maximum absolute atomic E-state index is 12.9. The standard InChI is InChI=1S/C19H16F3N5O2/c1-11-6-14(13-4-3-5-16(25-13)29-2)24-15-9-27(18(28)17(11)15)12-7-23-26(8-12)10-19(20,21)22/h3-8H,9-10H2,1-2H3. The lowest BCUT2D eigenvalue weighted by atomic mass is 10.1. The molecule has 0 spiro atoms. The number of fused-ring (bicyclic) bond motifs is 1. The first-order valence-corrected chi connectivity index (χ1v) is 8.68. The number of rotatable bonds is 4. The quantitative estimate of drug-likeness (QED) is 0.668. The zero-order valence-electron chi connectivity index (χ0n) is 15.6. The Kier molecular flexibility index (Phi) is 4.48. The number of carbonyl (C=O) groups is 1. The van der Waals surface area contributed by atoms with Crippen LogP contribution in [0.4, 0.5) is 18.9 Å². The van der Waals surface area contributed by atoms with Gasteiger partial charge in [-0.1, -0.05) is 6.07 Å². The topological polar surface area (TPSA) is 73.1 Å². The van der Waals surface area contributed by atoms with Crippen LogP contribution >= 0.6 is 0 Å². The molecule has 0 atom stereocenters. The third kappa shape index (κ3) is 3.65. The van der Waals surface area contributed by atoms with E-state index in [9.17, 15) is 18.0 Å². The third-order valence-electron chi connectivity index (χ3n) is 4.53. The molecule has 3 aromatic heterocycles. The lowest BCUT2D eigenvalue weighted by molar-refractivity contribution is -0.142. The highest BCUT2D eigenvalue weighted by molar-refractivity contribution is 6.10. The summed E-state index contributed by atoms with van der Waals surface area (Å²) in [6.45, 7) is 0.716. The fraction of sp³-hybridized carbons (Fsp3) is 0.263. The van der Waals surface area contributed by atoms with Crippen molar-refractivity contribution in [3.63, 3.8) is 0 Å². The van der Waals surface area contributed by atoms with Crippen molar-refractivity contribution >= 4 is 11.6 Å². The number of anilines is 1. The number of aromatic nitrogens is 4. The molecule has 7 nitrogen and oxygen atoms in total. The third-order valence-corrected chi connectivity index (χ3v) is 4.53. The molecule has 150 valence electrons. The van der Waals surface area contributed by atoms with Gasteiger partial charge in [0.1, 0.15) is 6.54 Å². The van der Waals surface area contributed by atoms with E-state index in [1.165, 1.54) is 24.4 Å². The highest BCUT2D eigenvalue weighted by atomic mass is 19.4. The normalized spacial score (nSPS) is 13.7. The molecule has 3 aromatic rings. The zero-order valence-corrected chi connectivity index (χ0v) is 15.6. The fourth-order valence-electron chi connectivity index (χ4n) is 3.27. The molecule has 0 saturated heterocycles. The summed E-state index contributed by atoms with van der Waals surface area (Å²) in [5.74, 6) is 0.124. The van der Waals surface area contributed by atoms with Crippen LogP contribution in [0.25, 0.3) is 11.4 Å². The lowest BCUT2D eigenvalue weighted by Crippen LogP contribution is -2.23. The monoisotopic (exact) mass is 403 g/mol. The highest BCUT2D eigenvalue weighted by Crippen LogP contribution is 2.32. The van der Waals surface area contributed by atoms with Gasteiger partial charge in [-0.05, 0) is 24.6 Å². The van der Waals surface area contributed by atoms with Gasteiger partial charge in [0.05, 0.1) is 48.2 Å². The van der Waals surface area contributed by atoms with Crippen molar-refractivity contribution < 1.29 is 22.7 Å². The number of hydrogen-bond acceptors (Lipinski definition) is 5. The van der Waals surface area contributed by atoms with Gasteiger partial charge < -0.3 is 4.74 Å². The Morgan fingerprint density at radius 2 is 2.00 bits per heavy atom. The summed E-state index contributed by atoms with van der Waals surface area (Å²) in [7, 11) is 1.52. The van der Waals surface area contributed by atoms with Gasteiger partial charge in [-0.15, -0.1) is 0 Å². The summed E-state index contributed by atoms with van der Waals surface area (Å²) < 4.78 is 43.6. The van der Waals surface area contributed by atoms with Crippen LogP contribution in [0.3, 0.4) is 0 Å². The molecular formula is C19H16F3N5O2. The number of hydrogen-bond donors (Lipinski definition) is 0. The largest absolute Gasteiger partial charge is 0.481 e. The van der Waals surface area contributed by atoms with Gasteiger partial charge in [0, 0.05) is 12.3 Å². The maximum atomic E-state index is 12.9. The number of carbonyl (C=O) groups excluding carboxylic acids is 1. The minimum Gasteiger partial charge on any atom is -0.481 e. The van der Waals surface area contributed by atoms with E-state index in [2.05, 4.69) is 15.1 Å². The van der Waals surface area contributed by atoms with Crippen molar-refractivity contribution in [3.05, 3.63) is 53.5 Å². The maximum Gasteiger partial charge on any atom is 0.408 e. The molecule has 1 amide bonds. The summed E-state index contributed by atoms with van der Waals surface area (Å²) >= 11 is 0. The molecule has 0 aliphatic carbocycles. The molecule has 0 bridgehead atoms. The van der Waals surface area contributed by atoms with Crippen molar-refractivity contribution in [1.29, 1.82) is 0 Å². The van der Waals surface area contributed by atoms with E-state index in [0.717, 1.165) is 4.68 Å². The van der Waals surface area contributed by atoms with Crippen LogP contribution in [0.15, 0.2) is 36.7 Å². The van der Waals surface area contributed by atoms with E-state index in [-0.39, 0.29) is 18.1 Å².